The molecule has 0 saturated heterocycles. The summed E-state index contributed by atoms with van der Waals surface area (Å²) in [4.78, 5) is 27.9. The van der Waals surface area contributed by atoms with Crippen LogP contribution in [0, 0.1) is 0 Å². The Labute approximate surface area is 161 Å². The van der Waals surface area contributed by atoms with Crippen molar-refractivity contribution in [2.75, 3.05) is 12.0 Å². The number of imide groups is 1. The molecule has 0 unspecified atom stereocenters. The van der Waals surface area contributed by atoms with Gasteiger partial charge >= 0.3 is 0 Å². The maximum atomic E-state index is 13.2. The number of hydrogen-bond donors (Lipinski definition) is 0. The van der Waals surface area contributed by atoms with Crippen LogP contribution in [0.1, 0.15) is 19.4 Å². The lowest BCUT2D eigenvalue weighted by atomic mass is 10.0. The van der Waals surface area contributed by atoms with E-state index in [1.54, 1.807) is 43.5 Å². The van der Waals surface area contributed by atoms with Gasteiger partial charge in [-0.05, 0) is 30.3 Å². The van der Waals surface area contributed by atoms with Gasteiger partial charge in [-0.15, -0.1) is 11.8 Å². The Morgan fingerprint density at radius 1 is 1.00 bits per heavy atom. The van der Waals surface area contributed by atoms with Crippen LogP contribution in [0.5, 0.6) is 5.75 Å². The van der Waals surface area contributed by atoms with Crippen LogP contribution in [0.2, 0.25) is 5.02 Å². The molecular weight excluding hydrogens is 370 g/mol. The Hall–Kier alpha value is -2.24. The highest BCUT2D eigenvalue weighted by Crippen LogP contribution is 2.42. The summed E-state index contributed by atoms with van der Waals surface area (Å²) in [5, 5.41) is 0.694. The molecule has 0 saturated carbocycles. The van der Waals surface area contributed by atoms with Crippen LogP contribution >= 0.6 is 23.4 Å². The third kappa shape index (κ3) is 3.37. The molecule has 0 N–H and O–H groups in total. The van der Waals surface area contributed by atoms with E-state index in [1.165, 1.54) is 16.7 Å². The summed E-state index contributed by atoms with van der Waals surface area (Å²) in [6.07, 6.45) is 0. The number of carbonyl (C=O) groups excluding carboxylic acids is 2. The largest absolute Gasteiger partial charge is 0.496 e. The zero-order valence-electron chi connectivity index (χ0n) is 14.7. The van der Waals surface area contributed by atoms with E-state index in [2.05, 4.69) is 0 Å². The molecule has 0 radical (unpaired) electrons. The van der Waals surface area contributed by atoms with E-state index in [-0.39, 0.29) is 17.1 Å². The van der Waals surface area contributed by atoms with Gasteiger partial charge in [0.2, 0.25) is 0 Å². The van der Waals surface area contributed by atoms with Crippen LogP contribution in [0.25, 0.3) is 5.57 Å². The summed E-state index contributed by atoms with van der Waals surface area (Å²) >= 11 is 7.32. The number of benzene rings is 2. The molecule has 1 heterocycles. The van der Waals surface area contributed by atoms with Crippen LogP contribution in [0.3, 0.4) is 0 Å². The van der Waals surface area contributed by atoms with Crippen molar-refractivity contribution < 1.29 is 14.3 Å². The van der Waals surface area contributed by atoms with Crippen molar-refractivity contribution in [3.63, 3.8) is 0 Å². The molecule has 2 aromatic rings. The third-order valence-electron chi connectivity index (χ3n) is 3.86. The van der Waals surface area contributed by atoms with E-state index in [4.69, 9.17) is 16.3 Å². The normalized spacial score (nSPS) is 14.6. The number of nitrogens with zero attached hydrogens (tertiary/aromatic N) is 1. The fraction of sp³-hybridized carbons (Fsp3) is 0.200. The summed E-state index contributed by atoms with van der Waals surface area (Å²) in [7, 11) is 1.55. The van der Waals surface area contributed by atoms with E-state index in [1.807, 2.05) is 26.0 Å². The van der Waals surface area contributed by atoms with Crippen LogP contribution in [0.4, 0.5) is 5.69 Å². The minimum Gasteiger partial charge on any atom is -0.496 e. The number of rotatable bonds is 5. The summed E-state index contributed by atoms with van der Waals surface area (Å²) in [6, 6.07) is 13.9. The number of amides is 2. The molecule has 2 aromatic carbocycles. The minimum atomic E-state index is -0.357. The first kappa shape index (κ1) is 18.5. The number of para-hydroxylation sites is 1. The predicted octanol–water partition coefficient (Wildman–Crippen LogP) is 4.77. The van der Waals surface area contributed by atoms with Crippen molar-refractivity contribution in [1.82, 2.24) is 0 Å². The second-order valence-corrected chi connectivity index (χ2v) is 8.02. The summed E-state index contributed by atoms with van der Waals surface area (Å²) in [6.45, 7) is 3.97. The van der Waals surface area contributed by atoms with Gasteiger partial charge in [0.05, 0.1) is 23.3 Å². The standard InChI is InChI=1S/C20H18ClNO3S/c1-12(2)26-18-17(15-6-4-5-7-16(15)25-3)19(23)22(20(18)24)14-10-8-13(21)9-11-14/h4-12H,1-3H3. The van der Waals surface area contributed by atoms with Gasteiger partial charge in [-0.25, -0.2) is 4.90 Å². The Balaban J connectivity index is 2.14. The molecule has 0 atom stereocenters. The van der Waals surface area contributed by atoms with Crippen molar-refractivity contribution in [3.05, 3.63) is 64.0 Å². The first-order valence-corrected chi connectivity index (χ1v) is 9.38. The Morgan fingerprint density at radius 3 is 2.27 bits per heavy atom. The van der Waals surface area contributed by atoms with Crippen molar-refractivity contribution >= 4 is 46.4 Å². The van der Waals surface area contributed by atoms with Crippen molar-refractivity contribution in [2.24, 2.45) is 0 Å². The smallest absolute Gasteiger partial charge is 0.272 e. The van der Waals surface area contributed by atoms with E-state index in [0.29, 0.717) is 32.5 Å². The number of ether oxygens (including phenoxy) is 1. The molecule has 1 aliphatic rings. The van der Waals surface area contributed by atoms with E-state index >= 15 is 0 Å². The zero-order chi connectivity index (χ0) is 18.8. The number of halogens is 1. The van der Waals surface area contributed by atoms with Gasteiger partial charge in [0.15, 0.2) is 0 Å². The average Bonchev–Trinajstić information content (AvgIpc) is 2.85. The molecule has 4 nitrogen and oxygen atoms in total. The summed E-state index contributed by atoms with van der Waals surface area (Å²) in [5.74, 6) is -0.120. The molecule has 0 fully saturated rings. The van der Waals surface area contributed by atoms with Gasteiger partial charge < -0.3 is 4.74 Å². The number of carbonyl (C=O) groups is 2. The van der Waals surface area contributed by atoms with E-state index in [9.17, 15) is 9.59 Å². The van der Waals surface area contributed by atoms with Crippen LogP contribution in [-0.2, 0) is 9.59 Å². The summed E-state index contributed by atoms with van der Waals surface area (Å²) < 4.78 is 5.41. The summed E-state index contributed by atoms with van der Waals surface area (Å²) in [5.41, 5.74) is 1.49. The zero-order valence-corrected chi connectivity index (χ0v) is 16.2. The molecule has 2 amide bonds. The third-order valence-corrected chi connectivity index (χ3v) is 5.19. The molecule has 0 aliphatic carbocycles. The molecule has 6 heteroatoms. The van der Waals surface area contributed by atoms with Gasteiger partial charge in [0.25, 0.3) is 11.8 Å². The Bertz CT molecular complexity index is 890. The lowest BCUT2D eigenvalue weighted by Gasteiger charge is -2.15. The second-order valence-electron chi connectivity index (χ2n) is 5.99. The highest BCUT2D eigenvalue weighted by molar-refractivity contribution is 8.04. The molecule has 3 rings (SSSR count). The molecule has 1 aliphatic heterocycles. The quantitative estimate of drug-likeness (QED) is 0.693. The van der Waals surface area contributed by atoms with Crippen LogP contribution < -0.4 is 9.64 Å². The monoisotopic (exact) mass is 387 g/mol. The van der Waals surface area contributed by atoms with Gasteiger partial charge in [-0.1, -0.05) is 43.6 Å². The average molecular weight is 388 g/mol. The number of thioether (sulfide) groups is 1. The van der Waals surface area contributed by atoms with Crippen molar-refractivity contribution in [3.8, 4) is 5.75 Å². The highest BCUT2D eigenvalue weighted by atomic mass is 35.5. The van der Waals surface area contributed by atoms with Crippen molar-refractivity contribution in [2.45, 2.75) is 19.1 Å². The van der Waals surface area contributed by atoms with E-state index < -0.39 is 0 Å². The maximum absolute atomic E-state index is 13.2. The Kier molecular flexibility index (Phi) is 5.39. The SMILES string of the molecule is COc1ccccc1C1=C(SC(C)C)C(=O)N(c2ccc(Cl)cc2)C1=O. The first-order valence-electron chi connectivity index (χ1n) is 8.12. The lowest BCUT2D eigenvalue weighted by Crippen LogP contribution is -2.31. The highest BCUT2D eigenvalue weighted by Gasteiger charge is 2.41. The van der Waals surface area contributed by atoms with Crippen LogP contribution in [-0.4, -0.2) is 24.2 Å². The maximum Gasteiger partial charge on any atom is 0.272 e. The van der Waals surface area contributed by atoms with E-state index in [0.717, 1.165) is 0 Å². The van der Waals surface area contributed by atoms with Crippen LogP contribution in [0.15, 0.2) is 53.4 Å². The minimum absolute atomic E-state index is 0.150. The van der Waals surface area contributed by atoms with Gasteiger partial charge in [-0.3, -0.25) is 9.59 Å². The molecule has 0 bridgehead atoms. The van der Waals surface area contributed by atoms with Crippen molar-refractivity contribution in [1.29, 1.82) is 0 Å². The fourth-order valence-corrected chi connectivity index (χ4v) is 3.87. The number of methoxy groups -OCH3 is 1. The first-order chi connectivity index (χ1) is 12.4. The lowest BCUT2D eigenvalue weighted by molar-refractivity contribution is -0.119. The van der Waals surface area contributed by atoms with Gasteiger partial charge in [0, 0.05) is 15.8 Å². The fourth-order valence-electron chi connectivity index (χ4n) is 2.77. The molecule has 134 valence electrons. The molecular formula is C20H18ClNO3S. The number of hydrogen-bond acceptors (Lipinski definition) is 4. The molecule has 0 aromatic heterocycles. The van der Waals surface area contributed by atoms with Gasteiger partial charge in [0.1, 0.15) is 5.75 Å². The van der Waals surface area contributed by atoms with Gasteiger partial charge in [-0.2, -0.15) is 0 Å². The number of anilines is 1. The molecule has 0 spiro atoms. The Morgan fingerprint density at radius 2 is 1.65 bits per heavy atom. The predicted molar refractivity (Wildman–Crippen MR) is 107 cm³/mol. The molecule has 26 heavy (non-hydrogen) atoms. The topological polar surface area (TPSA) is 46.6 Å². The second kappa shape index (κ2) is 7.56.